The van der Waals surface area contributed by atoms with Gasteiger partial charge in [0.25, 0.3) is 0 Å². The summed E-state index contributed by atoms with van der Waals surface area (Å²) < 4.78 is 5.00. The summed E-state index contributed by atoms with van der Waals surface area (Å²) in [6.07, 6.45) is 1.69. The van der Waals surface area contributed by atoms with E-state index in [9.17, 15) is 4.79 Å². The quantitative estimate of drug-likeness (QED) is 0.660. The van der Waals surface area contributed by atoms with Gasteiger partial charge in [-0.1, -0.05) is 12.1 Å². The van der Waals surface area contributed by atoms with Crippen LogP contribution >= 0.6 is 0 Å². The average molecular weight is 173 g/mol. The summed E-state index contributed by atoms with van der Waals surface area (Å²) in [4.78, 5) is 13.7. The van der Waals surface area contributed by atoms with Crippen molar-refractivity contribution in [2.45, 2.75) is 0 Å². The molecule has 0 aliphatic carbocycles. The number of carbonyl (C=O) groups is 1. The molecule has 0 spiro atoms. The number of H-pyrrole nitrogens is 1. The standard InChI is InChI=1S/C9H8BNO2/c10-9(12)13-8-5-11-7-4-2-1-3-6(7)8/h1-5,11H,10H2. The summed E-state index contributed by atoms with van der Waals surface area (Å²) in [7, 11) is 1.39. The highest BCUT2D eigenvalue weighted by Crippen LogP contribution is 2.24. The molecule has 0 aliphatic heterocycles. The average Bonchev–Trinajstić information content (AvgIpc) is 2.48. The molecule has 13 heavy (non-hydrogen) atoms. The van der Waals surface area contributed by atoms with Gasteiger partial charge in [0.05, 0.1) is 0 Å². The second-order valence-electron chi connectivity index (χ2n) is 2.79. The maximum absolute atomic E-state index is 10.7. The van der Waals surface area contributed by atoms with E-state index in [4.69, 9.17) is 4.74 Å². The molecule has 2 aromatic rings. The minimum Gasteiger partial charge on any atom is -0.433 e. The Morgan fingerprint density at radius 2 is 2.15 bits per heavy atom. The maximum atomic E-state index is 10.7. The van der Waals surface area contributed by atoms with Gasteiger partial charge in [-0.25, -0.2) is 0 Å². The van der Waals surface area contributed by atoms with Crippen LogP contribution in [0, 0.1) is 0 Å². The molecule has 1 aromatic carbocycles. The highest BCUT2D eigenvalue weighted by atomic mass is 16.5. The first kappa shape index (κ1) is 7.92. The molecule has 0 aliphatic rings. The predicted octanol–water partition coefficient (Wildman–Crippen LogP) is 1.30. The molecule has 1 heterocycles. The van der Waals surface area contributed by atoms with Gasteiger partial charge in [-0.15, -0.1) is 0 Å². The Kier molecular flexibility index (Phi) is 1.81. The van der Waals surface area contributed by atoms with Crippen LogP contribution in [0.15, 0.2) is 30.5 Å². The largest absolute Gasteiger partial charge is 0.433 e. The fourth-order valence-electron chi connectivity index (χ4n) is 1.28. The number of aromatic nitrogens is 1. The number of para-hydroxylation sites is 1. The Bertz CT molecular complexity index is 450. The number of rotatable bonds is 1. The monoisotopic (exact) mass is 173 g/mol. The lowest BCUT2D eigenvalue weighted by atomic mass is 10.2. The number of nitrogens with one attached hydrogen (secondary N) is 1. The lowest BCUT2D eigenvalue weighted by molar-refractivity contribution is 0.226. The van der Waals surface area contributed by atoms with E-state index in [-0.39, 0.29) is 5.87 Å². The summed E-state index contributed by atoms with van der Waals surface area (Å²) in [5.41, 5.74) is 0.971. The molecule has 0 fully saturated rings. The Morgan fingerprint density at radius 1 is 1.38 bits per heavy atom. The van der Waals surface area contributed by atoms with Gasteiger partial charge in [0.15, 0.2) is 5.75 Å². The molecule has 1 N–H and O–H groups in total. The fraction of sp³-hybridized carbons (Fsp3) is 0. The van der Waals surface area contributed by atoms with Gasteiger partial charge in [-0.3, -0.25) is 4.79 Å². The highest BCUT2D eigenvalue weighted by molar-refractivity contribution is 6.55. The van der Waals surface area contributed by atoms with Crippen molar-refractivity contribution in [3.05, 3.63) is 30.5 Å². The van der Waals surface area contributed by atoms with Crippen LogP contribution in [0.5, 0.6) is 5.75 Å². The van der Waals surface area contributed by atoms with Gasteiger partial charge >= 0.3 is 0 Å². The number of aromatic amines is 1. The summed E-state index contributed by atoms with van der Waals surface area (Å²) in [5, 5.41) is 0.928. The van der Waals surface area contributed by atoms with E-state index in [1.54, 1.807) is 6.20 Å². The van der Waals surface area contributed by atoms with Crippen molar-refractivity contribution in [3.63, 3.8) is 0 Å². The fourth-order valence-corrected chi connectivity index (χ4v) is 1.28. The molecule has 0 unspecified atom stereocenters. The molecule has 0 atom stereocenters. The van der Waals surface area contributed by atoms with Crippen LogP contribution in [-0.2, 0) is 0 Å². The molecule has 0 saturated heterocycles. The van der Waals surface area contributed by atoms with Gasteiger partial charge < -0.3 is 9.72 Å². The van der Waals surface area contributed by atoms with E-state index in [1.165, 1.54) is 7.85 Å². The van der Waals surface area contributed by atoms with Gasteiger partial charge in [-0.2, -0.15) is 0 Å². The Balaban J connectivity index is 2.51. The number of hydrogen-bond acceptors (Lipinski definition) is 2. The second-order valence-corrected chi connectivity index (χ2v) is 2.79. The van der Waals surface area contributed by atoms with Crippen LogP contribution in [-0.4, -0.2) is 18.7 Å². The van der Waals surface area contributed by atoms with Crippen molar-refractivity contribution in [2.75, 3.05) is 0 Å². The third-order valence-electron chi connectivity index (χ3n) is 1.80. The number of carbonyl (C=O) groups excluding carboxylic acids is 1. The first-order chi connectivity index (χ1) is 6.27. The zero-order valence-corrected chi connectivity index (χ0v) is 7.20. The predicted molar refractivity (Wildman–Crippen MR) is 52.9 cm³/mol. The van der Waals surface area contributed by atoms with Crippen molar-refractivity contribution >= 4 is 24.6 Å². The van der Waals surface area contributed by atoms with E-state index in [2.05, 4.69) is 4.98 Å². The first-order valence-corrected chi connectivity index (χ1v) is 4.02. The van der Waals surface area contributed by atoms with Gasteiger partial charge in [0, 0.05) is 17.1 Å². The molecule has 3 nitrogen and oxygen atoms in total. The van der Waals surface area contributed by atoms with Crippen molar-refractivity contribution < 1.29 is 9.53 Å². The molecule has 0 amide bonds. The Morgan fingerprint density at radius 3 is 2.92 bits per heavy atom. The lowest BCUT2D eigenvalue weighted by Gasteiger charge is -1.97. The SMILES string of the molecule is BC(=O)Oc1c[nH]c2ccccc12. The van der Waals surface area contributed by atoms with E-state index >= 15 is 0 Å². The number of hydrogen-bond donors (Lipinski definition) is 1. The van der Waals surface area contributed by atoms with E-state index in [1.807, 2.05) is 24.3 Å². The van der Waals surface area contributed by atoms with Crippen LogP contribution < -0.4 is 4.74 Å². The maximum Gasteiger partial charge on any atom is 0.248 e. The second kappa shape index (κ2) is 2.97. The minimum atomic E-state index is -0.301. The van der Waals surface area contributed by atoms with Crippen molar-refractivity contribution in [3.8, 4) is 5.75 Å². The zero-order chi connectivity index (χ0) is 9.26. The molecule has 0 bridgehead atoms. The van der Waals surface area contributed by atoms with Crippen LogP contribution in [0.3, 0.4) is 0 Å². The molecule has 64 valence electrons. The molecular weight excluding hydrogens is 165 g/mol. The van der Waals surface area contributed by atoms with Crippen LogP contribution in [0.2, 0.25) is 0 Å². The Labute approximate surface area is 76.1 Å². The van der Waals surface area contributed by atoms with Crippen LogP contribution in [0.4, 0.5) is 4.79 Å². The lowest BCUT2D eigenvalue weighted by Crippen LogP contribution is -2.03. The third kappa shape index (κ3) is 1.43. The van der Waals surface area contributed by atoms with Crippen molar-refractivity contribution in [2.24, 2.45) is 0 Å². The van der Waals surface area contributed by atoms with Crippen molar-refractivity contribution in [1.29, 1.82) is 0 Å². The molecular formula is C9H8BNO2. The Hall–Kier alpha value is -1.71. The molecule has 1 aromatic heterocycles. The molecule has 0 radical (unpaired) electrons. The topological polar surface area (TPSA) is 42.1 Å². The van der Waals surface area contributed by atoms with E-state index in [0.717, 1.165) is 10.9 Å². The normalized spacial score (nSPS) is 10.2. The first-order valence-electron chi connectivity index (χ1n) is 4.02. The summed E-state index contributed by atoms with van der Waals surface area (Å²) in [5.74, 6) is 0.285. The van der Waals surface area contributed by atoms with Gasteiger partial charge in [-0.05, 0) is 12.1 Å². The zero-order valence-electron chi connectivity index (χ0n) is 7.20. The van der Waals surface area contributed by atoms with Crippen LogP contribution in [0.25, 0.3) is 10.9 Å². The summed E-state index contributed by atoms with van der Waals surface area (Å²) in [6.45, 7) is 0. The number of ether oxygens (including phenoxy) is 1. The van der Waals surface area contributed by atoms with Gasteiger partial charge in [0.1, 0.15) is 0 Å². The highest BCUT2D eigenvalue weighted by Gasteiger charge is 2.04. The number of benzene rings is 1. The number of fused-ring (bicyclic) bond motifs is 1. The van der Waals surface area contributed by atoms with E-state index in [0.29, 0.717) is 5.75 Å². The third-order valence-corrected chi connectivity index (χ3v) is 1.80. The minimum absolute atomic E-state index is 0.301. The smallest absolute Gasteiger partial charge is 0.248 e. The summed E-state index contributed by atoms with van der Waals surface area (Å²) in [6, 6.07) is 7.67. The molecule has 0 saturated carbocycles. The van der Waals surface area contributed by atoms with Gasteiger partial charge in [0.2, 0.25) is 13.7 Å². The van der Waals surface area contributed by atoms with Crippen molar-refractivity contribution in [1.82, 2.24) is 4.98 Å². The molecule has 4 heteroatoms. The molecule has 2 rings (SSSR count). The van der Waals surface area contributed by atoms with E-state index < -0.39 is 0 Å². The summed E-state index contributed by atoms with van der Waals surface area (Å²) >= 11 is 0. The van der Waals surface area contributed by atoms with Crippen LogP contribution in [0.1, 0.15) is 0 Å².